The summed E-state index contributed by atoms with van der Waals surface area (Å²) >= 11 is 0. The van der Waals surface area contributed by atoms with Crippen molar-refractivity contribution in [3.63, 3.8) is 0 Å². The number of nitrogens with one attached hydrogen (secondary N) is 1. The molecule has 6 nitrogen and oxygen atoms in total. The van der Waals surface area contributed by atoms with E-state index in [1.807, 2.05) is 13.0 Å². The van der Waals surface area contributed by atoms with Gasteiger partial charge in [0.15, 0.2) is 0 Å². The molecular formula is C16H25NO5. The van der Waals surface area contributed by atoms with E-state index in [0.717, 1.165) is 12.1 Å². The first kappa shape index (κ1) is 17.0. The zero-order valence-electron chi connectivity index (χ0n) is 12.9. The highest BCUT2D eigenvalue weighted by Crippen LogP contribution is 2.49. The van der Waals surface area contributed by atoms with Gasteiger partial charge in [0.05, 0.1) is 18.8 Å². The molecule has 2 rings (SSSR count). The van der Waals surface area contributed by atoms with Crippen molar-refractivity contribution in [2.75, 3.05) is 6.61 Å². The third-order valence-corrected chi connectivity index (χ3v) is 4.40. The monoisotopic (exact) mass is 311 g/mol. The van der Waals surface area contributed by atoms with Crippen LogP contribution >= 0.6 is 0 Å². The fraction of sp³-hybridized carbons (Fsp3) is 0.688. The molecule has 0 radical (unpaired) electrons. The lowest BCUT2D eigenvalue weighted by atomic mass is 9.79. The molecule has 0 bridgehead atoms. The van der Waals surface area contributed by atoms with Gasteiger partial charge in [0, 0.05) is 18.0 Å². The van der Waals surface area contributed by atoms with Crippen LogP contribution in [0.4, 0.5) is 0 Å². The Morgan fingerprint density at radius 1 is 1.50 bits per heavy atom. The van der Waals surface area contributed by atoms with E-state index < -0.39 is 18.2 Å². The van der Waals surface area contributed by atoms with E-state index in [0.29, 0.717) is 31.8 Å². The summed E-state index contributed by atoms with van der Waals surface area (Å²) in [6.45, 7) is 2.26. The number of fused-ring (bicyclic) bond motifs is 1. The second-order valence-electron chi connectivity index (χ2n) is 5.97. The Labute approximate surface area is 130 Å². The van der Waals surface area contributed by atoms with E-state index >= 15 is 0 Å². The Bertz CT molecular complexity index is 459. The van der Waals surface area contributed by atoms with Gasteiger partial charge in [-0.15, -0.1) is 0 Å². The quantitative estimate of drug-likeness (QED) is 0.291. The van der Waals surface area contributed by atoms with Crippen LogP contribution in [0.3, 0.4) is 0 Å². The molecule has 22 heavy (non-hydrogen) atoms. The molecule has 1 fully saturated rings. The van der Waals surface area contributed by atoms with Crippen molar-refractivity contribution >= 4 is 5.97 Å². The van der Waals surface area contributed by atoms with Crippen molar-refractivity contribution < 1.29 is 25.0 Å². The van der Waals surface area contributed by atoms with Crippen LogP contribution in [0.15, 0.2) is 23.4 Å². The Balaban J connectivity index is 1.79. The number of hydrogen-bond acceptors (Lipinski definition) is 5. The van der Waals surface area contributed by atoms with Crippen molar-refractivity contribution in [3.05, 3.63) is 23.4 Å². The van der Waals surface area contributed by atoms with Gasteiger partial charge < -0.3 is 15.3 Å². The maximum atomic E-state index is 10.4. The second kappa shape index (κ2) is 7.76. The van der Waals surface area contributed by atoms with Crippen LogP contribution in [-0.4, -0.2) is 40.1 Å². The number of aliphatic hydroxyl groups excluding tert-OH is 2. The number of allylic oxidation sites excluding steroid dienone is 1. The van der Waals surface area contributed by atoms with Gasteiger partial charge >= 0.3 is 5.97 Å². The van der Waals surface area contributed by atoms with E-state index in [2.05, 4.69) is 5.48 Å². The molecule has 1 saturated carbocycles. The molecule has 0 aromatic rings. The summed E-state index contributed by atoms with van der Waals surface area (Å²) in [4.78, 5) is 15.7. The van der Waals surface area contributed by atoms with Gasteiger partial charge in [-0.05, 0) is 37.2 Å². The first-order valence-corrected chi connectivity index (χ1v) is 7.88. The van der Waals surface area contributed by atoms with E-state index in [-0.39, 0.29) is 12.3 Å². The van der Waals surface area contributed by atoms with Gasteiger partial charge in [-0.1, -0.05) is 19.1 Å². The molecule has 4 atom stereocenters. The zero-order valence-corrected chi connectivity index (χ0v) is 12.9. The normalized spacial score (nSPS) is 28.6. The SMILES string of the molecule is CCC(O)C=CC1C(O)CC2=C(NOCCCC(=O)O)C[C@H]21. The largest absolute Gasteiger partial charge is 0.481 e. The zero-order chi connectivity index (χ0) is 16.1. The lowest BCUT2D eigenvalue weighted by Gasteiger charge is -2.31. The van der Waals surface area contributed by atoms with Crippen LogP contribution < -0.4 is 5.48 Å². The number of hydroxylamine groups is 1. The molecule has 0 heterocycles. The molecule has 124 valence electrons. The van der Waals surface area contributed by atoms with Crippen molar-refractivity contribution in [3.8, 4) is 0 Å². The van der Waals surface area contributed by atoms with E-state index in [1.165, 1.54) is 5.57 Å². The van der Waals surface area contributed by atoms with Crippen LogP contribution in [0.1, 0.15) is 39.0 Å². The molecule has 0 saturated heterocycles. The molecule has 2 aliphatic carbocycles. The number of aliphatic hydroxyl groups is 2. The first-order valence-electron chi connectivity index (χ1n) is 7.88. The second-order valence-corrected chi connectivity index (χ2v) is 5.97. The maximum Gasteiger partial charge on any atom is 0.303 e. The van der Waals surface area contributed by atoms with Gasteiger partial charge in [0.25, 0.3) is 0 Å². The number of carboxylic acid groups (broad SMARTS) is 1. The van der Waals surface area contributed by atoms with Gasteiger partial charge in [-0.25, -0.2) is 0 Å². The van der Waals surface area contributed by atoms with E-state index in [9.17, 15) is 15.0 Å². The summed E-state index contributed by atoms with van der Waals surface area (Å²) in [5.41, 5.74) is 5.08. The number of carbonyl (C=O) groups is 1. The Morgan fingerprint density at radius 3 is 2.95 bits per heavy atom. The summed E-state index contributed by atoms with van der Waals surface area (Å²) in [7, 11) is 0. The average Bonchev–Trinajstić information content (AvgIpc) is 2.71. The summed E-state index contributed by atoms with van der Waals surface area (Å²) < 4.78 is 0. The molecule has 3 unspecified atom stereocenters. The Hall–Kier alpha value is -1.37. The molecule has 0 aromatic heterocycles. The molecule has 0 aliphatic heterocycles. The number of rotatable bonds is 9. The smallest absolute Gasteiger partial charge is 0.303 e. The lowest BCUT2D eigenvalue weighted by molar-refractivity contribution is -0.137. The van der Waals surface area contributed by atoms with Crippen LogP contribution in [0.2, 0.25) is 0 Å². The van der Waals surface area contributed by atoms with Gasteiger partial charge in [-0.3, -0.25) is 15.1 Å². The predicted molar refractivity (Wildman–Crippen MR) is 80.6 cm³/mol. The van der Waals surface area contributed by atoms with Crippen LogP contribution in [0.25, 0.3) is 0 Å². The van der Waals surface area contributed by atoms with Crippen LogP contribution in [-0.2, 0) is 9.63 Å². The lowest BCUT2D eigenvalue weighted by Crippen LogP contribution is -2.29. The molecule has 2 aliphatic rings. The van der Waals surface area contributed by atoms with Gasteiger partial charge in [0.2, 0.25) is 0 Å². The van der Waals surface area contributed by atoms with Crippen molar-refractivity contribution in [2.45, 2.75) is 51.2 Å². The summed E-state index contributed by atoms with van der Waals surface area (Å²) in [5.74, 6) is -0.439. The summed E-state index contributed by atoms with van der Waals surface area (Å²) in [5, 5.41) is 28.3. The van der Waals surface area contributed by atoms with Crippen molar-refractivity contribution in [1.82, 2.24) is 5.48 Å². The number of aliphatic carboxylic acids is 1. The minimum Gasteiger partial charge on any atom is -0.481 e. The number of carboxylic acids is 1. The Kier molecular flexibility index (Phi) is 5.99. The standard InChI is InChI=1S/C16H25NO5/c1-2-10(18)5-6-11-12-8-14(13(12)9-15(11)19)17-22-7-3-4-16(20)21/h5-6,10-12,15,17-19H,2-4,7-9H2,1H3,(H,20,21)/t10?,11?,12-,15?/m0/s1. The minimum absolute atomic E-state index is 0.0637. The maximum absolute atomic E-state index is 10.4. The summed E-state index contributed by atoms with van der Waals surface area (Å²) in [6, 6.07) is 0. The molecule has 6 heteroatoms. The fourth-order valence-corrected chi connectivity index (χ4v) is 3.04. The first-order chi connectivity index (χ1) is 10.5. The van der Waals surface area contributed by atoms with Crippen LogP contribution in [0, 0.1) is 11.8 Å². The molecule has 0 spiro atoms. The highest BCUT2D eigenvalue weighted by Gasteiger charge is 2.44. The highest BCUT2D eigenvalue weighted by atomic mass is 16.6. The fourth-order valence-electron chi connectivity index (χ4n) is 3.04. The third kappa shape index (κ3) is 4.09. The van der Waals surface area contributed by atoms with Gasteiger partial charge in [0.1, 0.15) is 0 Å². The minimum atomic E-state index is -0.822. The molecule has 4 N–H and O–H groups in total. The Morgan fingerprint density at radius 2 is 2.27 bits per heavy atom. The average molecular weight is 311 g/mol. The molecular weight excluding hydrogens is 286 g/mol. The predicted octanol–water partition coefficient (Wildman–Crippen LogP) is 1.35. The van der Waals surface area contributed by atoms with Crippen LogP contribution in [0.5, 0.6) is 0 Å². The van der Waals surface area contributed by atoms with Crippen molar-refractivity contribution in [2.24, 2.45) is 11.8 Å². The molecule has 0 aromatic carbocycles. The van der Waals surface area contributed by atoms with Gasteiger partial charge in [-0.2, -0.15) is 0 Å². The summed E-state index contributed by atoms with van der Waals surface area (Å²) in [6.07, 6.45) is 5.53. The van der Waals surface area contributed by atoms with Crippen molar-refractivity contribution in [1.29, 1.82) is 0 Å². The topological polar surface area (TPSA) is 99.0 Å². The van der Waals surface area contributed by atoms with E-state index in [4.69, 9.17) is 9.94 Å². The number of hydrogen-bond donors (Lipinski definition) is 4. The third-order valence-electron chi connectivity index (χ3n) is 4.40. The molecule has 0 amide bonds. The van der Waals surface area contributed by atoms with E-state index in [1.54, 1.807) is 6.08 Å². The highest BCUT2D eigenvalue weighted by molar-refractivity contribution is 5.66.